The van der Waals surface area contributed by atoms with Crippen molar-refractivity contribution in [3.63, 3.8) is 0 Å². The summed E-state index contributed by atoms with van der Waals surface area (Å²) >= 11 is 0.939. The van der Waals surface area contributed by atoms with Crippen LogP contribution in [0.3, 0.4) is 0 Å². The molecule has 0 saturated carbocycles. The van der Waals surface area contributed by atoms with E-state index in [9.17, 15) is 18.0 Å². The highest BCUT2D eigenvalue weighted by Gasteiger charge is 2.21. The van der Waals surface area contributed by atoms with Crippen LogP contribution < -0.4 is 4.72 Å². The first-order chi connectivity index (χ1) is 9.26. The van der Waals surface area contributed by atoms with E-state index in [2.05, 4.69) is 9.46 Å². The van der Waals surface area contributed by atoms with E-state index in [1.165, 1.54) is 0 Å². The van der Waals surface area contributed by atoms with E-state index in [1.54, 1.807) is 19.2 Å². The summed E-state index contributed by atoms with van der Waals surface area (Å²) in [5.74, 6) is -2.27. The molecule has 0 aliphatic carbocycles. The molecule has 0 saturated heterocycles. The number of aryl methyl sites for hydroxylation is 1. The van der Waals surface area contributed by atoms with Crippen LogP contribution in [0.25, 0.3) is 0 Å². The van der Waals surface area contributed by atoms with Crippen LogP contribution in [0.4, 0.5) is 5.69 Å². The molecule has 0 bridgehead atoms. The van der Waals surface area contributed by atoms with Crippen LogP contribution in [-0.4, -0.2) is 37.8 Å². The first-order valence-electron chi connectivity index (χ1n) is 5.74. The maximum atomic E-state index is 11.8. The number of esters is 1. The summed E-state index contributed by atoms with van der Waals surface area (Å²) in [5.41, 5.74) is 0.568. The Bertz CT molecular complexity index is 604. The predicted octanol–water partition coefficient (Wildman–Crippen LogP) is 1.45. The average molecular weight is 321 g/mol. The molecule has 0 spiro atoms. The summed E-state index contributed by atoms with van der Waals surface area (Å²) in [6.45, 7) is 3.41. The molecule has 7 nitrogen and oxygen atoms in total. The van der Waals surface area contributed by atoms with Gasteiger partial charge >= 0.3 is 11.9 Å². The van der Waals surface area contributed by atoms with Gasteiger partial charge < -0.3 is 9.84 Å². The second-order valence-electron chi connectivity index (χ2n) is 3.90. The fourth-order valence-electron chi connectivity index (χ4n) is 1.39. The normalized spacial score (nSPS) is 11.1. The fraction of sp³-hybridized carbons (Fsp3) is 0.455. The van der Waals surface area contributed by atoms with Gasteiger partial charge in [-0.2, -0.15) is 0 Å². The van der Waals surface area contributed by atoms with Gasteiger partial charge in [-0.3, -0.25) is 9.52 Å². The molecule has 1 aromatic heterocycles. The molecule has 0 radical (unpaired) electrons. The topological polar surface area (TPSA) is 110 Å². The third kappa shape index (κ3) is 4.49. The lowest BCUT2D eigenvalue weighted by Crippen LogP contribution is -2.21. The zero-order valence-corrected chi connectivity index (χ0v) is 12.6. The molecular weight excluding hydrogens is 306 g/mol. The van der Waals surface area contributed by atoms with Crippen LogP contribution >= 0.6 is 11.3 Å². The maximum Gasteiger partial charge on any atom is 0.348 e. The third-order valence-electron chi connectivity index (χ3n) is 2.31. The highest BCUT2D eigenvalue weighted by Crippen LogP contribution is 2.28. The largest absolute Gasteiger partial charge is 0.477 e. The van der Waals surface area contributed by atoms with Gasteiger partial charge in [-0.25, -0.2) is 13.2 Å². The van der Waals surface area contributed by atoms with Crippen molar-refractivity contribution < 1.29 is 27.9 Å². The van der Waals surface area contributed by atoms with E-state index in [0.717, 1.165) is 11.3 Å². The third-order valence-corrected chi connectivity index (χ3v) is 4.65. The standard InChI is InChI=1S/C11H15NO6S2/c1-3-18-8(13)4-5-20(16,17)12-9-7(2)6-19-10(9)11(14)15/h6,12H,3-5H2,1-2H3,(H,14,15). The van der Waals surface area contributed by atoms with Gasteiger partial charge in [0.05, 0.1) is 24.5 Å². The van der Waals surface area contributed by atoms with Crippen LogP contribution in [0.15, 0.2) is 5.38 Å². The van der Waals surface area contributed by atoms with Gasteiger partial charge in [0.1, 0.15) is 4.88 Å². The first kappa shape index (κ1) is 16.4. The summed E-state index contributed by atoms with van der Waals surface area (Å²) in [7, 11) is -3.80. The number of ether oxygens (including phenoxy) is 1. The Morgan fingerprint density at radius 1 is 1.45 bits per heavy atom. The van der Waals surface area contributed by atoms with Crippen molar-refractivity contribution in [3.8, 4) is 0 Å². The average Bonchev–Trinajstić information content (AvgIpc) is 2.69. The number of hydrogen-bond donors (Lipinski definition) is 2. The van der Waals surface area contributed by atoms with Crippen molar-refractivity contribution in [1.82, 2.24) is 0 Å². The van der Waals surface area contributed by atoms with Gasteiger partial charge in [0.15, 0.2) is 0 Å². The van der Waals surface area contributed by atoms with Crippen molar-refractivity contribution in [1.29, 1.82) is 0 Å². The number of aromatic carboxylic acids is 1. The molecular formula is C11H15NO6S2. The number of hydrogen-bond acceptors (Lipinski definition) is 6. The predicted molar refractivity (Wildman–Crippen MR) is 74.7 cm³/mol. The molecule has 0 aliphatic heterocycles. The van der Waals surface area contributed by atoms with Crippen molar-refractivity contribution in [2.24, 2.45) is 0 Å². The molecule has 20 heavy (non-hydrogen) atoms. The lowest BCUT2D eigenvalue weighted by molar-refractivity contribution is -0.142. The van der Waals surface area contributed by atoms with Crippen molar-refractivity contribution >= 4 is 39.0 Å². The molecule has 2 N–H and O–H groups in total. The molecule has 9 heteroatoms. The number of sulfonamides is 1. The minimum Gasteiger partial charge on any atom is -0.477 e. The van der Waals surface area contributed by atoms with Crippen LogP contribution in [-0.2, 0) is 19.6 Å². The molecule has 0 fully saturated rings. The number of carboxylic acid groups (broad SMARTS) is 1. The van der Waals surface area contributed by atoms with E-state index in [-0.39, 0.29) is 23.6 Å². The molecule has 112 valence electrons. The molecule has 1 aromatic rings. The Labute approximate surface area is 120 Å². The lowest BCUT2D eigenvalue weighted by Gasteiger charge is -2.08. The molecule has 1 heterocycles. The van der Waals surface area contributed by atoms with Gasteiger partial charge in [-0.15, -0.1) is 11.3 Å². The van der Waals surface area contributed by atoms with E-state index in [4.69, 9.17) is 5.11 Å². The number of carbonyl (C=O) groups excluding carboxylic acids is 1. The number of carboxylic acids is 1. The SMILES string of the molecule is CCOC(=O)CCS(=O)(=O)Nc1c(C)csc1C(=O)O. The summed E-state index contributed by atoms with van der Waals surface area (Å²) in [6.07, 6.45) is -0.283. The molecule has 0 atom stereocenters. The Hall–Kier alpha value is -1.61. The van der Waals surface area contributed by atoms with Crippen molar-refractivity contribution in [2.75, 3.05) is 17.1 Å². The Kier molecular flexibility index (Phi) is 5.52. The van der Waals surface area contributed by atoms with E-state index in [0.29, 0.717) is 5.56 Å². The molecule has 0 aromatic carbocycles. The van der Waals surface area contributed by atoms with Gasteiger partial charge in [-0.1, -0.05) is 0 Å². The summed E-state index contributed by atoms with van der Waals surface area (Å²) in [4.78, 5) is 22.0. The summed E-state index contributed by atoms with van der Waals surface area (Å²) in [6, 6.07) is 0. The number of nitrogens with one attached hydrogen (secondary N) is 1. The highest BCUT2D eigenvalue weighted by atomic mass is 32.2. The van der Waals surface area contributed by atoms with E-state index < -0.39 is 27.7 Å². The number of carbonyl (C=O) groups is 2. The number of thiophene rings is 1. The molecule has 0 unspecified atom stereocenters. The first-order valence-corrected chi connectivity index (χ1v) is 8.27. The van der Waals surface area contributed by atoms with E-state index >= 15 is 0 Å². The number of rotatable bonds is 7. The minimum absolute atomic E-state index is 0.0476. The zero-order chi connectivity index (χ0) is 15.3. The van der Waals surface area contributed by atoms with Gasteiger partial charge in [0.25, 0.3) is 0 Å². The van der Waals surface area contributed by atoms with Gasteiger partial charge in [0.2, 0.25) is 10.0 Å². The van der Waals surface area contributed by atoms with Gasteiger partial charge in [0, 0.05) is 0 Å². The monoisotopic (exact) mass is 321 g/mol. The number of anilines is 1. The molecule has 0 amide bonds. The van der Waals surface area contributed by atoms with Crippen LogP contribution in [0.2, 0.25) is 0 Å². The van der Waals surface area contributed by atoms with Crippen molar-refractivity contribution in [2.45, 2.75) is 20.3 Å². The maximum absolute atomic E-state index is 11.8. The second-order valence-corrected chi connectivity index (χ2v) is 6.63. The second kappa shape index (κ2) is 6.71. The van der Waals surface area contributed by atoms with Crippen LogP contribution in [0.5, 0.6) is 0 Å². The quantitative estimate of drug-likeness (QED) is 0.736. The minimum atomic E-state index is -3.80. The van der Waals surface area contributed by atoms with Gasteiger partial charge in [-0.05, 0) is 24.8 Å². The van der Waals surface area contributed by atoms with Crippen molar-refractivity contribution in [3.05, 3.63) is 15.8 Å². The molecule has 1 rings (SSSR count). The summed E-state index contributed by atoms with van der Waals surface area (Å²) in [5, 5.41) is 10.5. The smallest absolute Gasteiger partial charge is 0.348 e. The Morgan fingerprint density at radius 2 is 2.10 bits per heavy atom. The Balaban J connectivity index is 2.79. The van der Waals surface area contributed by atoms with Crippen LogP contribution in [0.1, 0.15) is 28.6 Å². The van der Waals surface area contributed by atoms with Crippen LogP contribution in [0, 0.1) is 6.92 Å². The lowest BCUT2D eigenvalue weighted by atomic mass is 10.3. The summed E-state index contributed by atoms with van der Waals surface area (Å²) < 4.78 is 30.5. The van der Waals surface area contributed by atoms with E-state index in [1.807, 2.05) is 0 Å². The fourth-order valence-corrected chi connectivity index (χ4v) is 3.41. The Morgan fingerprint density at radius 3 is 2.65 bits per heavy atom. The molecule has 0 aliphatic rings. The highest BCUT2D eigenvalue weighted by molar-refractivity contribution is 7.92. The zero-order valence-electron chi connectivity index (χ0n) is 11.0.